The van der Waals surface area contributed by atoms with Crippen LogP contribution in [-0.4, -0.2) is 11.5 Å². The van der Waals surface area contributed by atoms with E-state index in [4.69, 9.17) is 4.42 Å². The van der Waals surface area contributed by atoms with E-state index in [9.17, 15) is 0 Å². The number of oxazole rings is 1. The van der Waals surface area contributed by atoms with Gasteiger partial charge in [0.2, 0.25) is 5.89 Å². The summed E-state index contributed by atoms with van der Waals surface area (Å²) in [5, 5.41) is 3.39. The van der Waals surface area contributed by atoms with E-state index in [1.54, 1.807) is 6.20 Å². The van der Waals surface area contributed by atoms with Crippen molar-refractivity contribution in [3.63, 3.8) is 0 Å². The number of nitrogens with one attached hydrogen (secondary N) is 1. The second-order valence-corrected chi connectivity index (χ2v) is 4.15. The van der Waals surface area contributed by atoms with Crippen molar-refractivity contribution in [2.24, 2.45) is 5.92 Å². The van der Waals surface area contributed by atoms with Crippen LogP contribution in [-0.2, 0) is 6.54 Å². The van der Waals surface area contributed by atoms with Crippen molar-refractivity contribution in [3.05, 3.63) is 30.0 Å². The third-order valence-corrected chi connectivity index (χ3v) is 2.76. The number of hydrogen-bond donors (Lipinski definition) is 1. The largest absolute Gasteiger partial charge is 0.445 e. The molecule has 0 amide bonds. The van der Waals surface area contributed by atoms with Crippen molar-refractivity contribution in [3.8, 4) is 0 Å². The Morgan fingerprint density at radius 1 is 1.53 bits per heavy atom. The maximum Gasteiger partial charge on any atom is 0.208 e. The summed E-state index contributed by atoms with van der Waals surface area (Å²) < 4.78 is 5.39. The smallest absolute Gasteiger partial charge is 0.208 e. The third-order valence-electron chi connectivity index (χ3n) is 2.76. The first-order valence-corrected chi connectivity index (χ1v) is 5.61. The zero-order valence-electron chi connectivity index (χ0n) is 9.20. The van der Waals surface area contributed by atoms with Gasteiger partial charge in [-0.1, -0.05) is 12.2 Å². The van der Waals surface area contributed by atoms with Crippen molar-refractivity contribution >= 4 is 0 Å². The lowest BCUT2D eigenvalue weighted by molar-refractivity contribution is 0.405. The molecule has 0 spiro atoms. The normalized spacial score (nSPS) is 20.7. The topological polar surface area (TPSA) is 38.1 Å². The Morgan fingerprint density at radius 3 is 3.13 bits per heavy atom. The Balaban J connectivity index is 1.68. The van der Waals surface area contributed by atoms with Gasteiger partial charge < -0.3 is 9.73 Å². The van der Waals surface area contributed by atoms with E-state index in [0.29, 0.717) is 0 Å². The molecule has 0 aliphatic heterocycles. The molecule has 2 rings (SSSR count). The average molecular weight is 206 g/mol. The predicted molar refractivity (Wildman–Crippen MR) is 59.4 cm³/mol. The Labute approximate surface area is 90.6 Å². The van der Waals surface area contributed by atoms with Gasteiger partial charge in [-0.2, -0.15) is 0 Å². The molecule has 0 saturated heterocycles. The Morgan fingerprint density at radius 2 is 2.47 bits per heavy atom. The van der Waals surface area contributed by atoms with E-state index in [0.717, 1.165) is 30.7 Å². The zero-order valence-corrected chi connectivity index (χ0v) is 9.20. The molecule has 0 aromatic carbocycles. The molecule has 15 heavy (non-hydrogen) atoms. The van der Waals surface area contributed by atoms with E-state index in [2.05, 4.69) is 22.5 Å². The van der Waals surface area contributed by atoms with Gasteiger partial charge in [-0.25, -0.2) is 4.98 Å². The summed E-state index contributed by atoms with van der Waals surface area (Å²) in [6.45, 7) is 3.72. The van der Waals surface area contributed by atoms with Gasteiger partial charge in [0, 0.05) is 0 Å². The lowest BCUT2D eigenvalue weighted by Crippen LogP contribution is -2.23. The second kappa shape index (κ2) is 5.12. The van der Waals surface area contributed by atoms with Crippen molar-refractivity contribution in [2.75, 3.05) is 6.54 Å². The van der Waals surface area contributed by atoms with Gasteiger partial charge in [0.1, 0.15) is 5.76 Å². The molecular weight excluding hydrogens is 188 g/mol. The van der Waals surface area contributed by atoms with E-state index in [1.165, 1.54) is 19.3 Å². The van der Waals surface area contributed by atoms with Crippen LogP contribution in [0.5, 0.6) is 0 Å². The number of allylic oxidation sites excluding steroid dienone is 2. The van der Waals surface area contributed by atoms with Crippen LogP contribution in [0.15, 0.2) is 22.8 Å². The highest BCUT2D eigenvalue weighted by Gasteiger charge is 2.09. The fourth-order valence-corrected chi connectivity index (χ4v) is 1.91. The lowest BCUT2D eigenvalue weighted by Gasteiger charge is -2.17. The van der Waals surface area contributed by atoms with Crippen LogP contribution in [0.1, 0.15) is 30.9 Å². The Bertz CT molecular complexity index is 330. The van der Waals surface area contributed by atoms with Gasteiger partial charge in [0.15, 0.2) is 0 Å². The highest BCUT2D eigenvalue weighted by molar-refractivity contribution is 4.92. The van der Waals surface area contributed by atoms with Crippen molar-refractivity contribution in [2.45, 2.75) is 32.7 Å². The number of nitrogens with zero attached hydrogens (tertiary/aromatic N) is 1. The molecule has 82 valence electrons. The molecule has 1 aliphatic rings. The van der Waals surface area contributed by atoms with E-state index >= 15 is 0 Å². The van der Waals surface area contributed by atoms with Gasteiger partial charge in [-0.15, -0.1) is 0 Å². The van der Waals surface area contributed by atoms with Gasteiger partial charge in [-0.3, -0.25) is 0 Å². The monoisotopic (exact) mass is 206 g/mol. The third kappa shape index (κ3) is 3.20. The van der Waals surface area contributed by atoms with Gasteiger partial charge in [-0.05, 0) is 38.6 Å². The van der Waals surface area contributed by atoms with Crippen molar-refractivity contribution in [1.82, 2.24) is 10.3 Å². The number of rotatable bonds is 4. The standard InChI is InChI=1S/C12H18N2O/c1-10-7-14-12(15-10)9-13-8-11-5-3-2-4-6-11/h2-3,7,11,13H,4-6,8-9H2,1H3. The molecule has 1 heterocycles. The number of aryl methyl sites for hydroxylation is 1. The van der Waals surface area contributed by atoms with Crippen LogP contribution in [0.3, 0.4) is 0 Å². The summed E-state index contributed by atoms with van der Waals surface area (Å²) in [5.74, 6) is 2.46. The first-order valence-electron chi connectivity index (χ1n) is 5.61. The predicted octanol–water partition coefficient (Wildman–Crippen LogP) is 2.43. The molecule has 0 fully saturated rings. The molecule has 1 aliphatic carbocycles. The minimum atomic E-state index is 0.744. The Kier molecular flexibility index (Phi) is 3.56. The molecule has 3 heteroatoms. The Hall–Kier alpha value is -1.09. The zero-order chi connectivity index (χ0) is 10.5. The summed E-state index contributed by atoms with van der Waals surface area (Å²) in [6, 6.07) is 0. The van der Waals surface area contributed by atoms with Gasteiger partial charge in [0.25, 0.3) is 0 Å². The molecule has 1 N–H and O–H groups in total. The van der Waals surface area contributed by atoms with Crippen LogP contribution in [0, 0.1) is 12.8 Å². The fourth-order valence-electron chi connectivity index (χ4n) is 1.91. The molecule has 3 nitrogen and oxygen atoms in total. The molecular formula is C12H18N2O. The molecule has 1 unspecified atom stereocenters. The average Bonchev–Trinajstić information content (AvgIpc) is 2.66. The lowest BCUT2D eigenvalue weighted by atomic mass is 9.94. The minimum Gasteiger partial charge on any atom is -0.445 e. The van der Waals surface area contributed by atoms with Crippen LogP contribution in [0.2, 0.25) is 0 Å². The minimum absolute atomic E-state index is 0.744. The van der Waals surface area contributed by atoms with Crippen molar-refractivity contribution < 1.29 is 4.42 Å². The molecule has 0 bridgehead atoms. The van der Waals surface area contributed by atoms with Crippen LogP contribution < -0.4 is 5.32 Å². The van der Waals surface area contributed by atoms with E-state index in [1.807, 2.05) is 6.92 Å². The summed E-state index contributed by atoms with van der Waals surface area (Å²) in [4.78, 5) is 4.16. The van der Waals surface area contributed by atoms with Crippen LogP contribution in [0.25, 0.3) is 0 Å². The van der Waals surface area contributed by atoms with Crippen LogP contribution >= 0.6 is 0 Å². The molecule has 1 aromatic rings. The summed E-state index contributed by atoms with van der Waals surface area (Å²) in [6.07, 6.45) is 10.1. The van der Waals surface area contributed by atoms with Crippen LogP contribution in [0.4, 0.5) is 0 Å². The highest BCUT2D eigenvalue weighted by atomic mass is 16.4. The molecule has 1 atom stereocenters. The second-order valence-electron chi connectivity index (χ2n) is 4.15. The first-order chi connectivity index (χ1) is 7.34. The van der Waals surface area contributed by atoms with E-state index in [-0.39, 0.29) is 0 Å². The number of aromatic nitrogens is 1. The molecule has 0 saturated carbocycles. The SMILES string of the molecule is Cc1cnc(CNCC2CC=CCC2)o1. The molecule has 0 radical (unpaired) electrons. The van der Waals surface area contributed by atoms with Gasteiger partial charge in [0.05, 0.1) is 12.7 Å². The number of hydrogen-bond acceptors (Lipinski definition) is 3. The maximum absolute atomic E-state index is 5.39. The summed E-state index contributed by atoms with van der Waals surface area (Å²) in [7, 11) is 0. The quantitative estimate of drug-likeness (QED) is 0.769. The summed E-state index contributed by atoms with van der Waals surface area (Å²) >= 11 is 0. The van der Waals surface area contributed by atoms with E-state index < -0.39 is 0 Å². The fraction of sp³-hybridized carbons (Fsp3) is 0.583. The summed E-state index contributed by atoms with van der Waals surface area (Å²) in [5.41, 5.74) is 0. The maximum atomic E-state index is 5.39. The first kappa shape index (κ1) is 10.4. The van der Waals surface area contributed by atoms with Gasteiger partial charge >= 0.3 is 0 Å². The van der Waals surface area contributed by atoms with Crippen molar-refractivity contribution in [1.29, 1.82) is 0 Å². The highest BCUT2D eigenvalue weighted by Crippen LogP contribution is 2.16. The molecule has 1 aromatic heterocycles.